The quantitative estimate of drug-likeness (QED) is 0.177. The maximum atomic E-state index is 5.02. The maximum absolute atomic E-state index is 5.02. The van der Waals surface area contributed by atoms with Gasteiger partial charge in [-0.3, -0.25) is 4.57 Å². The van der Waals surface area contributed by atoms with Crippen LogP contribution in [-0.2, 0) is 16.2 Å². The summed E-state index contributed by atoms with van der Waals surface area (Å²) >= 11 is 0. The fourth-order valence-electron chi connectivity index (χ4n) is 10.2. The second kappa shape index (κ2) is 11.0. The molecule has 0 saturated heterocycles. The van der Waals surface area contributed by atoms with Crippen molar-refractivity contribution in [2.24, 2.45) is 0 Å². The van der Waals surface area contributed by atoms with Gasteiger partial charge in [-0.05, 0) is 101 Å². The standard InChI is InChI=1S/C52H46N4/c1-31-25-37-35-16-10-13-19-43(35)56-46-28-33(21-22-39(46)52(7,8)41(26-31)49(37)56)54-44-20-14-11-17-38(44)51(5,6)40-29-36-34-15-9-12-18-42(34)55(45(36)30-47(40)54)48-27-32(23-24-53-48)50(2,3)4/h9-30H,1-8H3. The molecule has 3 aromatic heterocycles. The van der Waals surface area contributed by atoms with Gasteiger partial charge in [0.1, 0.15) is 5.82 Å². The fraction of sp³-hybridized carbons (Fsp3) is 0.212. The Morgan fingerprint density at radius 3 is 1.93 bits per heavy atom. The lowest BCUT2D eigenvalue weighted by molar-refractivity contribution is 0.588. The van der Waals surface area contributed by atoms with Crippen molar-refractivity contribution in [1.82, 2.24) is 14.1 Å². The summed E-state index contributed by atoms with van der Waals surface area (Å²) < 4.78 is 4.92. The normalized spacial score (nSPS) is 15.4. The molecule has 274 valence electrons. The first-order chi connectivity index (χ1) is 26.8. The minimum absolute atomic E-state index is 0.00285. The van der Waals surface area contributed by atoms with Crippen molar-refractivity contribution in [3.63, 3.8) is 0 Å². The molecule has 0 amide bonds. The molecule has 9 aromatic rings. The molecule has 0 atom stereocenters. The van der Waals surface area contributed by atoms with Crippen molar-refractivity contribution in [3.8, 4) is 11.5 Å². The molecule has 0 unspecified atom stereocenters. The lowest BCUT2D eigenvalue weighted by Crippen LogP contribution is -2.31. The Kier molecular flexibility index (Phi) is 6.53. The van der Waals surface area contributed by atoms with E-state index in [1.54, 1.807) is 0 Å². The third-order valence-corrected chi connectivity index (χ3v) is 13.1. The lowest BCUT2D eigenvalue weighted by Gasteiger charge is -2.43. The first-order valence-corrected chi connectivity index (χ1v) is 20.0. The molecule has 0 fully saturated rings. The monoisotopic (exact) mass is 726 g/mol. The van der Waals surface area contributed by atoms with Gasteiger partial charge in [-0.15, -0.1) is 0 Å². The number of hydrogen-bond donors (Lipinski definition) is 0. The van der Waals surface area contributed by atoms with E-state index in [9.17, 15) is 0 Å². The predicted molar refractivity (Wildman–Crippen MR) is 235 cm³/mol. The highest BCUT2D eigenvalue weighted by Crippen LogP contribution is 2.55. The summed E-state index contributed by atoms with van der Waals surface area (Å²) in [5.41, 5.74) is 17.2. The van der Waals surface area contributed by atoms with E-state index in [0.29, 0.717) is 0 Å². The van der Waals surface area contributed by atoms with Gasteiger partial charge in [0.2, 0.25) is 0 Å². The van der Waals surface area contributed by atoms with E-state index in [1.807, 2.05) is 6.20 Å². The van der Waals surface area contributed by atoms with Gasteiger partial charge in [0.25, 0.3) is 0 Å². The molecule has 0 radical (unpaired) electrons. The molecular weight excluding hydrogens is 681 g/mol. The number of nitrogens with zero attached hydrogens (tertiary/aromatic N) is 4. The van der Waals surface area contributed by atoms with Gasteiger partial charge in [0.05, 0.1) is 39.1 Å². The highest BCUT2D eigenvalue weighted by molar-refractivity contribution is 6.13. The van der Waals surface area contributed by atoms with Gasteiger partial charge >= 0.3 is 0 Å². The van der Waals surface area contributed by atoms with Crippen LogP contribution in [0, 0.1) is 6.92 Å². The lowest BCUT2D eigenvalue weighted by atomic mass is 9.72. The van der Waals surface area contributed by atoms with Crippen LogP contribution in [0.15, 0.2) is 134 Å². The molecule has 2 aliphatic heterocycles. The summed E-state index contributed by atoms with van der Waals surface area (Å²) in [6.07, 6.45) is 1.97. The maximum Gasteiger partial charge on any atom is 0.137 e. The predicted octanol–water partition coefficient (Wildman–Crippen LogP) is 13.6. The van der Waals surface area contributed by atoms with Crippen LogP contribution in [0.2, 0.25) is 0 Å². The largest absolute Gasteiger partial charge is 0.310 e. The molecule has 0 aliphatic carbocycles. The smallest absolute Gasteiger partial charge is 0.137 e. The van der Waals surface area contributed by atoms with Crippen molar-refractivity contribution >= 4 is 60.7 Å². The van der Waals surface area contributed by atoms with E-state index < -0.39 is 0 Å². The van der Waals surface area contributed by atoms with Crippen molar-refractivity contribution in [2.45, 2.75) is 71.6 Å². The van der Waals surface area contributed by atoms with Crippen LogP contribution in [0.4, 0.5) is 17.1 Å². The second-order valence-corrected chi connectivity index (χ2v) is 18.3. The van der Waals surface area contributed by atoms with Gasteiger partial charge in [-0.2, -0.15) is 0 Å². The van der Waals surface area contributed by atoms with Crippen molar-refractivity contribution in [2.75, 3.05) is 4.90 Å². The average Bonchev–Trinajstić information content (AvgIpc) is 3.69. The van der Waals surface area contributed by atoms with Crippen LogP contribution in [0.25, 0.3) is 55.1 Å². The zero-order valence-electron chi connectivity index (χ0n) is 33.5. The Hall–Kier alpha value is -6.13. The van der Waals surface area contributed by atoms with Crippen LogP contribution in [0.5, 0.6) is 0 Å². The first-order valence-electron chi connectivity index (χ1n) is 20.0. The zero-order chi connectivity index (χ0) is 38.5. The van der Waals surface area contributed by atoms with Crippen LogP contribution >= 0.6 is 0 Å². The number of aryl methyl sites for hydroxylation is 1. The van der Waals surface area contributed by atoms with Gasteiger partial charge in [0, 0.05) is 44.3 Å². The summed E-state index contributed by atoms with van der Waals surface area (Å²) in [5, 5.41) is 5.11. The molecule has 0 bridgehead atoms. The third-order valence-electron chi connectivity index (χ3n) is 13.1. The van der Waals surface area contributed by atoms with E-state index in [1.165, 1.54) is 88.5 Å². The number of benzene rings is 6. The summed E-state index contributed by atoms with van der Waals surface area (Å²) in [6.45, 7) is 18.6. The number of anilines is 3. The summed E-state index contributed by atoms with van der Waals surface area (Å²) in [4.78, 5) is 7.54. The van der Waals surface area contributed by atoms with E-state index >= 15 is 0 Å². The van der Waals surface area contributed by atoms with Crippen LogP contribution in [-0.4, -0.2) is 14.1 Å². The SMILES string of the molecule is Cc1cc2c3c(c1)c1ccccc1n3-c1cc(N3c4ccccc4C(C)(C)c4cc5c6ccccc6n(-c6cc(C(C)(C)C)ccn6)c5cc43)ccc1C2(C)C. The summed E-state index contributed by atoms with van der Waals surface area (Å²) in [7, 11) is 0. The molecule has 5 heterocycles. The number of pyridine rings is 1. The minimum atomic E-state index is -0.236. The highest BCUT2D eigenvalue weighted by Gasteiger charge is 2.40. The van der Waals surface area contributed by atoms with Crippen LogP contribution < -0.4 is 4.90 Å². The molecule has 56 heavy (non-hydrogen) atoms. The molecule has 4 nitrogen and oxygen atoms in total. The Balaban J connectivity index is 1.22. The van der Waals surface area contributed by atoms with Gasteiger partial charge in [-0.1, -0.05) is 121 Å². The van der Waals surface area contributed by atoms with Crippen molar-refractivity contribution in [1.29, 1.82) is 0 Å². The summed E-state index contributed by atoms with van der Waals surface area (Å²) in [5.74, 6) is 0.944. The van der Waals surface area contributed by atoms with Crippen molar-refractivity contribution < 1.29 is 0 Å². The van der Waals surface area contributed by atoms with E-state index in [-0.39, 0.29) is 16.2 Å². The number of fused-ring (bicyclic) bond motifs is 10. The Morgan fingerprint density at radius 2 is 1.16 bits per heavy atom. The van der Waals surface area contributed by atoms with E-state index in [2.05, 4.69) is 197 Å². The van der Waals surface area contributed by atoms with Gasteiger partial charge < -0.3 is 9.47 Å². The molecule has 6 aromatic carbocycles. The molecule has 2 aliphatic rings. The number of para-hydroxylation sites is 3. The average molecular weight is 727 g/mol. The third kappa shape index (κ3) is 4.33. The molecular formula is C52H46N4. The zero-order valence-corrected chi connectivity index (χ0v) is 33.5. The van der Waals surface area contributed by atoms with Gasteiger partial charge in [-0.25, -0.2) is 4.98 Å². The number of aromatic nitrogens is 3. The molecule has 0 spiro atoms. The first kappa shape index (κ1) is 33.2. The van der Waals surface area contributed by atoms with E-state index in [4.69, 9.17) is 4.98 Å². The molecule has 4 heteroatoms. The topological polar surface area (TPSA) is 26.0 Å². The minimum Gasteiger partial charge on any atom is -0.310 e. The van der Waals surface area contributed by atoms with Crippen LogP contribution in [0.1, 0.15) is 81.8 Å². The van der Waals surface area contributed by atoms with E-state index in [0.717, 1.165) is 17.0 Å². The fourth-order valence-corrected chi connectivity index (χ4v) is 10.2. The Morgan fingerprint density at radius 1 is 0.500 bits per heavy atom. The Labute approximate surface area is 328 Å². The van der Waals surface area contributed by atoms with Gasteiger partial charge in [0.15, 0.2) is 0 Å². The molecule has 11 rings (SSSR count). The summed E-state index contributed by atoms with van der Waals surface area (Å²) in [6, 6.07) is 48.1. The number of rotatable bonds is 2. The highest BCUT2D eigenvalue weighted by atomic mass is 15.2. The van der Waals surface area contributed by atoms with Crippen LogP contribution in [0.3, 0.4) is 0 Å². The Bertz CT molecular complexity index is 3140. The molecule has 0 N–H and O–H groups in total. The number of hydrogen-bond acceptors (Lipinski definition) is 2. The molecule has 0 saturated carbocycles. The van der Waals surface area contributed by atoms with Crippen molar-refractivity contribution in [3.05, 3.63) is 167 Å². The second-order valence-electron chi connectivity index (χ2n) is 18.3.